The van der Waals surface area contributed by atoms with E-state index in [4.69, 9.17) is 27.9 Å². The molecule has 2 aromatic rings. The molecule has 0 aromatic heterocycles. The van der Waals surface area contributed by atoms with Gasteiger partial charge in [0.2, 0.25) is 5.91 Å². The predicted molar refractivity (Wildman–Crippen MR) is 121 cm³/mol. The zero-order valence-electron chi connectivity index (χ0n) is 17.8. The number of hydrogen-bond acceptors (Lipinski definition) is 3. The maximum Gasteiger partial charge on any atom is 0.261 e. The highest BCUT2D eigenvalue weighted by Crippen LogP contribution is 2.27. The van der Waals surface area contributed by atoms with E-state index in [2.05, 4.69) is 5.32 Å². The van der Waals surface area contributed by atoms with Crippen LogP contribution in [0.25, 0.3) is 0 Å². The molecule has 0 fully saturated rings. The molecule has 2 aromatic carbocycles. The fourth-order valence-electron chi connectivity index (χ4n) is 3.00. The van der Waals surface area contributed by atoms with Gasteiger partial charge in [-0.05, 0) is 44.0 Å². The van der Waals surface area contributed by atoms with Crippen LogP contribution in [0.3, 0.4) is 0 Å². The maximum atomic E-state index is 13.9. The Morgan fingerprint density at radius 3 is 2.29 bits per heavy atom. The van der Waals surface area contributed by atoms with Crippen molar-refractivity contribution >= 4 is 35.0 Å². The van der Waals surface area contributed by atoms with E-state index in [0.717, 1.165) is 6.42 Å². The number of carbonyl (C=O) groups is 2. The van der Waals surface area contributed by atoms with Crippen LogP contribution >= 0.6 is 23.2 Å². The Kier molecular flexibility index (Phi) is 9.59. The minimum atomic E-state index is -0.766. The van der Waals surface area contributed by atoms with Gasteiger partial charge in [-0.3, -0.25) is 9.59 Å². The van der Waals surface area contributed by atoms with E-state index in [1.165, 1.54) is 23.1 Å². The SMILES string of the molecule is CC[C@@H](C)NC(=O)[C@H](CC)N(Cc1c(Cl)cccc1Cl)C(=O)COc1ccccc1F. The molecule has 2 amide bonds. The summed E-state index contributed by atoms with van der Waals surface area (Å²) in [5.41, 5.74) is 0.528. The molecule has 0 saturated heterocycles. The van der Waals surface area contributed by atoms with Gasteiger partial charge >= 0.3 is 0 Å². The van der Waals surface area contributed by atoms with Gasteiger partial charge in [0.25, 0.3) is 5.91 Å². The van der Waals surface area contributed by atoms with Crippen LogP contribution in [0.4, 0.5) is 4.39 Å². The van der Waals surface area contributed by atoms with E-state index in [9.17, 15) is 14.0 Å². The molecule has 2 rings (SSSR count). The van der Waals surface area contributed by atoms with Gasteiger partial charge in [0.05, 0.1) is 0 Å². The van der Waals surface area contributed by atoms with Crippen molar-refractivity contribution in [2.75, 3.05) is 6.61 Å². The average Bonchev–Trinajstić information content (AvgIpc) is 2.74. The van der Waals surface area contributed by atoms with Crippen LogP contribution in [0.5, 0.6) is 5.75 Å². The Morgan fingerprint density at radius 2 is 1.71 bits per heavy atom. The Bertz CT molecular complexity index is 890. The molecular formula is C23H27Cl2FN2O3. The second kappa shape index (κ2) is 11.9. The van der Waals surface area contributed by atoms with Gasteiger partial charge in [-0.25, -0.2) is 4.39 Å². The minimum Gasteiger partial charge on any atom is -0.481 e. The van der Waals surface area contributed by atoms with Crippen molar-refractivity contribution in [3.8, 4) is 5.75 Å². The van der Waals surface area contributed by atoms with E-state index in [1.807, 2.05) is 20.8 Å². The van der Waals surface area contributed by atoms with Crippen molar-refractivity contribution in [3.05, 3.63) is 63.9 Å². The standard InChI is InChI=1S/C23H27Cl2FN2O3/c1-4-15(3)27-23(30)20(5-2)28(13-16-17(24)9-8-10-18(16)25)22(29)14-31-21-12-7-6-11-19(21)26/h6-12,15,20H,4-5,13-14H2,1-3H3,(H,27,30)/t15-,20+/m1/s1. The van der Waals surface area contributed by atoms with Crippen LogP contribution in [0.1, 0.15) is 39.2 Å². The number of carbonyl (C=O) groups excluding carboxylic acids is 2. The van der Waals surface area contributed by atoms with Crippen molar-refractivity contribution in [1.29, 1.82) is 0 Å². The summed E-state index contributed by atoms with van der Waals surface area (Å²) in [4.78, 5) is 27.4. The molecule has 0 heterocycles. The third-order valence-electron chi connectivity index (χ3n) is 4.96. The van der Waals surface area contributed by atoms with Crippen LogP contribution in [-0.4, -0.2) is 35.4 Å². The summed E-state index contributed by atoms with van der Waals surface area (Å²) in [6.07, 6.45) is 1.12. The van der Waals surface area contributed by atoms with Crippen LogP contribution in [0.15, 0.2) is 42.5 Å². The lowest BCUT2D eigenvalue weighted by Gasteiger charge is -2.31. The summed E-state index contributed by atoms with van der Waals surface area (Å²) < 4.78 is 19.3. The van der Waals surface area contributed by atoms with E-state index in [-0.39, 0.29) is 24.2 Å². The fourth-order valence-corrected chi connectivity index (χ4v) is 3.52. The number of halogens is 3. The highest BCUT2D eigenvalue weighted by molar-refractivity contribution is 6.36. The number of nitrogens with zero attached hydrogens (tertiary/aromatic N) is 1. The Hall–Kier alpha value is -2.31. The second-order valence-corrected chi connectivity index (χ2v) is 8.00. The van der Waals surface area contributed by atoms with E-state index in [0.29, 0.717) is 22.0 Å². The molecule has 0 saturated carbocycles. The lowest BCUT2D eigenvalue weighted by molar-refractivity contribution is -0.143. The van der Waals surface area contributed by atoms with Crippen molar-refractivity contribution in [3.63, 3.8) is 0 Å². The van der Waals surface area contributed by atoms with Crippen LogP contribution in [0.2, 0.25) is 10.0 Å². The summed E-state index contributed by atoms with van der Waals surface area (Å²) in [5, 5.41) is 3.69. The zero-order chi connectivity index (χ0) is 23.0. The Balaban J connectivity index is 2.30. The van der Waals surface area contributed by atoms with Crippen molar-refractivity contribution in [2.45, 2.75) is 52.2 Å². The lowest BCUT2D eigenvalue weighted by Crippen LogP contribution is -2.51. The first-order valence-corrected chi connectivity index (χ1v) is 10.9. The Morgan fingerprint density at radius 1 is 1.06 bits per heavy atom. The molecule has 31 heavy (non-hydrogen) atoms. The molecule has 1 N–H and O–H groups in total. The van der Waals surface area contributed by atoms with Gasteiger partial charge < -0.3 is 15.0 Å². The maximum absolute atomic E-state index is 13.9. The first-order valence-electron chi connectivity index (χ1n) is 10.2. The minimum absolute atomic E-state index is 0.0183. The van der Waals surface area contributed by atoms with Gasteiger partial charge in [0.15, 0.2) is 18.2 Å². The normalized spacial score (nSPS) is 12.7. The van der Waals surface area contributed by atoms with Crippen molar-refractivity contribution in [2.24, 2.45) is 0 Å². The number of rotatable bonds is 10. The molecular weight excluding hydrogens is 442 g/mol. The highest BCUT2D eigenvalue weighted by Gasteiger charge is 2.30. The van der Waals surface area contributed by atoms with Crippen molar-refractivity contribution in [1.82, 2.24) is 10.2 Å². The van der Waals surface area contributed by atoms with E-state index in [1.54, 1.807) is 24.3 Å². The van der Waals surface area contributed by atoms with Gasteiger partial charge in [-0.15, -0.1) is 0 Å². The lowest BCUT2D eigenvalue weighted by atomic mass is 10.1. The molecule has 168 valence electrons. The van der Waals surface area contributed by atoms with Crippen LogP contribution < -0.4 is 10.1 Å². The zero-order valence-corrected chi connectivity index (χ0v) is 19.3. The molecule has 0 aliphatic heterocycles. The summed E-state index contributed by atoms with van der Waals surface area (Å²) in [6, 6.07) is 10.0. The molecule has 0 aliphatic rings. The molecule has 0 bridgehead atoms. The molecule has 2 atom stereocenters. The largest absolute Gasteiger partial charge is 0.481 e. The third-order valence-corrected chi connectivity index (χ3v) is 5.67. The van der Waals surface area contributed by atoms with Gasteiger partial charge in [0.1, 0.15) is 6.04 Å². The smallest absolute Gasteiger partial charge is 0.261 e. The molecule has 0 spiro atoms. The highest BCUT2D eigenvalue weighted by atomic mass is 35.5. The van der Waals surface area contributed by atoms with Crippen LogP contribution in [0, 0.1) is 5.82 Å². The monoisotopic (exact) mass is 468 g/mol. The molecule has 8 heteroatoms. The van der Waals surface area contributed by atoms with Crippen molar-refractivity contribution < 1.29 is 18.7 Å². The fraction of sp³-hybridized carbons (Fsp3) is 0.391. The van der Waals surface area contributed by atoms with Gasteiger partial charge in [0, 0.05) is 28.2 Å². The first kappa shape index (κ1) is 25.0. The average molecular weight is 469 g/mol. The predicted octanol–water partition coefficient (Wildman–Crippen LogP) is 5.23. The number of para-hydroxylation sites is 1. The quantitative estimate of drug-likeness (QED) is 0.518. The number of ether oxygens (including phenoxy) is 1. The molecule has 0 radical (unpaired) electrons. The van der Waals surface area contributed by atoms with Crippen LogP contribution in [-0.2, 0) is 16.1 Å². The molecule has 0 aliphatic carbocycles. The van der Waals surface area contributed by atoms with E-state index < -0.39 is 24.4 Å². The topological polar surface area (TPSA) is 58.6 Å². The number of nitrogens with one attached hydrogen (secondary N) is 1. The number of benzene rings is 2. The third kappa shape index (κ3) is 6.84. The summed E-state index contributed by atoms with van der Waals surface area (Å²) in [5.74, 6) is -1.37. The summed E-state index contributed by atoms with van der Waals surface area (Å²) in [6.45, 7) is 5.25. The van der Waals surface area contributed by atoms with Gasteiger partial charge in [-0.2, -0.15) is 0 Å². The van der Waals surface area contributed by atoms with E-state index >= 15 is 0 Å². The number of amides is 2. The number of hydrogen-bond donors (Lipinski definition) is 1. The summed E-state index contributed by atoms with van der Waals surface area (Å²) in [7, 11) is 0. The second-order valence-electron chi connectivity index (χ2n) is 7.18. The molecule has 0 unspecified atom stereocenters. The summed E-state index contributed by atoms with van der Waals surface area (Å²) >= 11 is 12.6. The molecule has 5 nitrogen and oxygen atoms in total. The van der Waals surface area contributed by atoms with Gasteiger partial charge in [-0.1, -0.05) is 55.2 Å². The Labute approximate surface area is 192 Å². The first-order chi connectivity index (χ1) is 14.8.